The maximum Gasteiger partial charge on any atom is 0.306 e. The molecule has 3 atom stereocenters. The van der Waals surface area contributed by atoms with Gasteiger partial charge in [-0.2, -0.15) is 0 Å². The minimum absolute atomic E-state index is 0.0206. The monoisotopic (exact) mass is 250 g/mol. The van der Waals surface area contributed by atoms with Crippen molar-refractivity contribution in [2.24, 2.45) is 11.5 Å². The summed E-state index contributed by atoms with van der Waals surface area (Å²) in [5.74, 6) is -0.702. The highest BCUT2D eigenvalue weighted by Gasteiger charge is 2.14. The number of ketones is 1. The quantitative estimate of drug-likeness (QED) is 0.345. The zero-order valence-corrected chi connectivity index (χ0v) is 10.5. The van der Waals surface area contributed by atoms with Gasteiger partial charge in [0.05, 0.1) is 13.8 Å². The minimum Gasteiger partial charge on any atom is -0.462 e. The zero-order chi connectivity index (χ0) is 13.3. The highest BCUT2D eigenvalue weighted by molar-refractivity contribution is 7.16. The zero-order valence-electron chi connectivity index (χ0n) is 10.4. The number of esters is 1. The number of unbranched alkanes of at least 4 members (excludes halogenated alkanes) is 1. The van der Waals surface area contributed by atoms with E-state index in [0.717, 1.165) is 12.8 Å². The van der Waals surface area contributed by atoms with Gasteiger partial charge in [0.15, 0.2) is 0 Å². The number of carbonyl (C=O) groups excluding carboxylic acids is 2. The molecule has 16 heavy (non-hydrogen) atoms. The average Bonchev–Trinajstić information content (AvgIpc) is 2.25. The highest BCUT2D eigenvalue weighted by atomic mass is 31.0. The molecule has 0 radical (unpaired) electrons. The summed E-state index contributed by atoms with van der Waals surface area (Å²) in [5, 5.41) is 0. The molecule has 0 aromatic carbocycles. The molecule has 0 fully saturated rings. The van der Waals surface area contributed by atoms with Crippen molar-refractivity contribution in [1.82, 2.24) is 0 Å². The van der Waals surface area contributed by atoms with E-state index in [1.54, 1.807) is 0 Å². The van der Waals surface area contributed by atoms with Crippen LogP contribution in [0.4, 0.5) is 0 Å². The first-order chi connectivity index (χ1) is 7.97. The molecule has 0 bridgehead atoms. The Labute approximate surface area is 99.9 Å². The van der Waals surface area contributed by atoms with Crippen molar-refractivity contribution in [3.8, 4) is 0 Å². The van der Waals surface area contributed by atoms with E-state index in [-0.39, 0.29) is 18.6 Å². The Morgan fingerprint density at radius 3 is 2.62 bits per heavy atom. The fraction of sp³-hybridized carbons (Fsp3) is 0.800. The molecular formula is C10H21N2O3P. The van der Waals surface area contributed by atoms with Crippen LogP contribution in [0.2, 0.25) is 0 Å². The third kappa shape index (κ3) is 7.74. The first-order valence-electron chi connectivity index (χ1n) is 5.90. The fourth-order valence-electron chi connectivity index (χ4n) is 1.22. The molecule has 0 aromatic heterocycles. The van der Waals surface area contributed by atoms with Crippen molar-refractivity contribution < 1.29 is 15.7 Å². The van der Waals surface area contributed by atoms with Crippen molar-refractivity contribution in [3.05, 3.63) is 0 Å². The van der Waals surface area contributed by atoms with Crippen molar-refractivity contribution in [2.45, 2.75) is 38.1 Å². The molecule has 0 aromatic rings. The molecule has 5 nitrogen and oxygen atoms in total. The highest BCUT2D eigenvalue weighted by Crippen LogP contribution is 2.04. The van der Waals surface area contributed by atoms with Gasteiger partial charge in [-0.05, 0) is 19.4 Å². The van der Waals surface area contributed by atoms with E-state index >= 15 is 0 Å². The second-order valence-electron chi connectivity index (χ2n) is 3.48. The Morgan fingerprint density at radius 2 is 2.06 bits per heavy atom. The first kappa shape index (κ1) is 13.6. The van der Waals surface area contributed by atoms with Crippen LogP contribution >= 0.6 is 9.24 Å². The molecule has 94 valence electrons. The van der Waals surface area contributed by atoms with Gasteiger partial charge in [0, 0.05) is 6.42 Å². The van der Waals surface area contributed by atoms with Gasteiger partial charge in [-0.1, -0.05) is 15.7 Å². The molecule has 0 aliphatic carbocycles. The van der Waals surface area contributed by atoms with Gasteiger partial charge in [-0.25, -0.2) is 0 Å². The molecule has 0 aliphatic heterocycles. The van der Waals surface area contributed by atoms with E-state index in [4.69, 9.17) is 12.8 Å². The maximum atomic E-state index is 11.5. The van der Waals surface area contributed by atoms with Crippen molar-refractivity contribution >= 4 is 21.0 Å². The number of ether oxygens (including phenoxy) is 1. The third-order valence-electron chi connectivity index (χ3n) is 2.16. The molecule has 2 unspecified atom stereocenters. The van der Waals surface area contributed by atoms with E-state index in [1.807, 2.05) is 9.24 Å². The maximum absolute atomic E-state index is 11.5. The molecular weight excluding hydrogens is 227 g/mol. The summed E-state index contributed by atoms with van der Waals surface area (Å²) in [6.07, 6.45) is 1.32. The summed E-state index contributed by atoms with van der Waals surface area (Å²) in [6, 6.07) is -0.530. The predicted octanol–water partition coefficient (Wildman–Crippen LogP) is 0.168. The number of rotatable bonds is 9. The number of hydrogen-bond donors (Lipinski definition) is 2. The van der Waals surface area contributed by atoms with Crippen LogP contribution in [0.3, 0.4) is 0 Å². The van der Waals surface area contributed by atoms with Crippen LogP contribution in [-0.2, 0) is 14.3 Å². The molecule has 0 spiro atoms. The summed E-state index contributed by atoms with van der Waals surface area (Å²) in [4.78, 5) is 22.6. The standard InChI is InChI=1S/C10H21N2O3P/c11-6-2-1-3-8(12)9(13)4-5-10(14)15-7-16/h8H,1-7,11-12,16H2/t8-/m0/s1/i7T/t7?,8-. The fourth-order valence-corrected chi connectivity index (χ4v) is 1.37. The van der Waals surface area contributed by atoms with Gasteiger partial charge in [-0.3, -0.25) is 9.59 Å². The SMILES string of the molecule is [3H]C(P)OC(=O)CCC(=O)[C@@H](N)CCCCN. The lowest BCUT2D eigenvalue weighted by molar-refractivity contribution is -0.142. The average molecular weight is 250 g/mol. The lowest BCUT2D eigenvalue weighted by Crippen LogP contribution is -2.30. The van der Waals surface area contributed by atoms with Gasteiger partial charge in [0.25, 0.3) is 0 Å². The predicted molar refractivity (Wildman–Crippen MR) is 65.8 cm³/mol. The van der Waals surface area contributed by atoms with E-state index in [0.29, 0.717) is 13.0 Å². The topological polar surface area (TPSA) is 95.4 Å². The lowest BCUT2D eigenvalue weighted by Gasteiger charge is -2.09. The van der Waals surface area contributed by atoms with Crippen molar-refractivity contribution in [1.29, 1.82) is 0 Å². The second-order valence-corrected chi connectivity index (χ2v) is 3.76. The van der Waals surface area contributed by atoms with E-state index in [2.05, 4.69) is 4.74 Å². The first-order valence-corrected chi connectivity index (χ1v) is 5.99. The molecule has 0 saturated heterocycles. The Morgan fingerprint density at radius 1 is 1.38 bits per heavy atom. The van der Waals surface area contributed by atoms with Crippen LogP contribution in [0.25, 0.3) is 0 Å². The Bertz CT molecular complexity index is 252. The van der Waals surface area contributed by atoms with Gasteiger partial charge < -0.3 is 16.2 Å². The molecule has 0 aliphatic rings. The van der Waals surface area contributed by atoms with Crippen LogP contribution < -0.4 is 11.5 Å². The van der Waals surface area contributed by atoms with Gasteiger partial charge >= 0.3 is 5.97 Å². The van der Waals surface area contributed by atoms with Crippen LogP contribution in [0.1, 0.15) is 33.5 Å². The Hall–Kier alpha value is -0.510. The normalized spacial score (nSPS) is 15.1. The molecule has 6 heteroatoms. The van der Waals surface area contributed by atoms with Gasteiger partial charge in [-0.15, -0.1) is 0 Å². The smallest absolute Gasteiger partial charge is 0.306 e. The van der Waals surface area contributed by atoms with Crippen LogP contribution in [-0.4, -0.2) is 30.7 Å². The number of carbonyl (C=O) groups is 2. The molecule has 0 amide bonds. The summed E-state index contributed by atoms with van der Waals surface area (Å²) < 4.78 is 11.5. The number of nitrogens with two attached hydrogens (primary N) is 2. The number of Topliss-reactive ketones (excluding diaryl/α,β-unsaturated/α-hetero) is 1. The van der Waals surface area contributed by atoms with Gasteiger partial charge in [0.1, 0.15) is 12.1 Å². The largest absolute Gasteiger partial charge is 0.462 e. The minimum atomic E-state index is -0.976. The van der Waals surface area contributed by atoms with Crippen LogP contribution in [0.5, 0.6) is 0 Å². The molecule has 0 rings (SSSR count). The van der Waals surface area contributed by atoms with Crippen molar-refractivity contribution in [3.63, 3.8) is 0 Å². The van der Waals surface area contributed by atoms with Gasteiger partial charge in [0.2, 0.25) is 0 Å². The van der Waals surface area contributed by atoms with Crippen LogP contribution in [0, 0.1) is 0 Å². The van der Waals surface area contributed by atoms with Crippen LogP contribution in [0.15, 0.2) is 0 Å². The Balaban J connectivity index is 3.73. The number of hydrogen-bond acceptors (Lipinski definition) is 5. The molecule has 0 heterocycles. The molecule has 0 saturated carbocycles. The van der Waals surface area contributed by atoms with E-state index in [9.17, 15) is 9.59 Å². The summed E-state index contributed by atoms with van der Waals surface area (Å²) >= 11 is 0. The van der Waals surface area contributed by atoms with E-state index < -0.39 is 18.3 Å². The Kier molecular flexibility index (Phi) is 8.22. The summed E-state index contributed by atoms with van der Waals surface area (Å²) in [6.45, 7) is 0.590. The molecule has 4 N–H and O–H groups in total. The van der Waals surface area contributed by atoms with E-state index in [1.165, 1.54) is 0 Å². The summed E-state index contributed by atoms with van der Waals surface area (Å²) in [5.41, 5.74) is 11.0. The third-order valence-corrected chi connectivity index (χ3v) is 2.29. The van der Waals surface area contributed by atoms with Crippen molar-refractivity contribution in [2.75, 3.05) is 12.9 Å². The second kappa shape index (κ2) is 9.70. The summed E-state index contributed by atoms with van der Waals surface area (Å²) in [7, 11) is 2.03. The lowest BCUT2D eigenvalue weighted by atomic mass is 10.0.